The van der Waals surface area contributed by atoms with Gasteiger partial charge >= 0.3 is 0 Å². The second kappa shape index (κ2) is 8.03. The number of imidazole rings is 1. The van der Waals surface area contributed by atoms with Crippen LogP contribution in [0.3, 0.4) is 0 Å². The molecule has 2 heterocycles. The van der Waals surface area contributed by atoms with Crippen molar-refractivity contribution in [1.29, 1.82) is 0 Å². The fourth-order valence-corrected chi connectivity index (χ4v) is 3.77. The lowest BCUT2D eigenvalue weighted by Crippen LogP contribution is -2.31. The predicted molar refractivity (Wildman–Crippen MR) is 97.4 cm³/mol. The maximum Gasteiger partial charge on any atom is 0.232 e. The normalized spacial score (nSPS) is 15.8. The molecule has 0 unspecified atom stereocenters. The number of benzene rings is 1. The minimum Gasteiger partial charge on any atom is -0.381 e. The van der Waals surface area contributed by atoms with E-state index in [2.05, 4.69) is 23.0 Å². The van der Waals surface area contributed by atoms with Crippen LogP contribution in [0.4, 0.5) is 0 Å². The molecule has 1 saturated heterocycles. The van der Waals surface area contributed by atoms with Gasteiger partial charge in [0.1, 0.15) is 0 Å². The first-order chi connectivity index (χ1) is 11.6. The summed E-state index contributed by atoms with van der Waals surface area (Å²) in [6.45, 7) is 4.61. The van der Waals surface area contributed by atoms with E-state index >= 15 is 0 Å². The van der Waals surface area contributed by atoms with E-state index in [0.29, 0.717) is 11.7 Å². The molecule has 1 fully saturated rings. The molecule has 0 aliphatic carbocycles. The Bertz CT molecular complexity index is 695. The number of aromatic amines is 1. The van der Waals surface area contributed by atoms with E-state index in [1.807, 2.05) is 24.1 Å². The SMILES string of the molecule is Cc1ccc2nc(SCC(=O)N(C)CCC3CCOCC3)[nH]c2c1. The molecule has 2 aromatic rings. The van der Waals surface area contributed by atoms with E-state index in [1.165, 1.54) is 17.3 Å². The monoisotopic (exact) mass is 347 g/mol. The largest absolute Gasteiger partial charge is 0.381 e. The highest BCUT2D eigenvalue weighted by molar-refractivity contribution is 7.99. The highest BCUT2D eigenvalue weighted by Gasteiger charge is 2.16. The van der Waals surface area contributed by atoms with Crippen LogP contribution in [0, 0.1) is 12.8 Å². The molecule has 0 saturated carbocycles. The maximum absolute atomic E-state index is 12.3. The summed E-state index contributed by atoms with van der Waals surface area (Å²) in [5.74, 6) is 1.27. The Balaban J connectivity index is 1.46. The maximum atomic E-state index is 12.3. The van der Waals surface area contributed by atoms with E-state index in [1.54, 1.807) is 0 Å². The average molecular weight is 347 g/mol. The third-order valence-electron chi connectivity index (χ3n) is 4.59. The van der Waals surface area contributed by atoms with E-state index in [0.717, 1.165) is 55.2 Å². The van der Waals surface area contributed by atoms with Crippen molar-refractivity contribution in [2.45, 2.75) is 31.3 Å². The molecule has 0 bridgehead atoms. The summed E-state index contributed by atoms with van der Waals surface area (Å²) in [5, 5.41) is 0.807. The van der Waals surface area contributed by atoms with Crippen molar-refractivity contribution in [3.8, 4) is 0 Å². The van der Waals surface area contributed by atoms with Crippen molar-refractivity contribution in [3.63, 3.8) is 0 Å². The number of rotatable bonds is 6. The quantitative estimate of drug-likeness (QED) is 0.815. The smallest absolute Gasteiger partial charge is 0.232 e. The van der Waals surface area contributed by atoms with E-state index < -0.39 is 0 Å². The first-order valence-electron chi connectivity index (χ1n) is 8.52. The highest BCUT2D eigenvalue weighted by atomic mass is 32.2. The minimum absolute atomic E-state index is 0.156. The number of hydrogen-bond donors (Lipinski definition) is 1. The number of nitrogens with one attached hydrogen (secondary N) is 1. The Kier molecular flexibility index (Phi) is 5.79. The summed E-state index contributed by atoms with van der Waals surface area (Å²) >= 11 is 1.47. The lowest BCUT2D eigenvalue weighted by Gasteiger charge is -2.24. The summed E-state index contributed by atoms with van der Waals surface area (Å²) in [4.78, 5) is 21.9. The Labute approximate surface area is 147 Å². The van der Waals surface area contributed by atoms with Crippen LogP contribution in [-0.4, -0.2) is 53.3 Å². The lowest BCUT2D eigenvalue weighted by atomic mass is 9.96. The highest BCUT2D eigenvalue weighted by Crippen LogP contribution is 2.21. The Morgan fingerprint density at radius 2 is 2.21 bits per heavy atom. The van der Waals surface area contributed by atoms with Gasteiger partial charge in [-0.05, 0) is 49.8 Å². The van der Waals surface area contributed by atoms with Crippen LogP contribution < -0.4 is 0 Å². The van der Waals surface area contributed by atoms with Crippen molar-refractivity contribution < 1.29 is 9.53 Å². The number of H-pyrrole nitrogens is 1. The molecule has 0 radical (unpaired) electrons. The van der Waals surface area contributed by atoms with Crippen molar-refractivity contribution in [3.05, 3.63) is 23.8 Å². The number of amides is 1. The van der Waals surface area contributed by atoms with Gasteiger partial charge in [0, 0.05) is 26.8 Å². The van der Waals surface area contributed by atoms with Crippen LogP contribution >= 0.6 is 11.8 Å². The molecule has 1 aliphatic heterocycles. The number of hydrogen-bond acceptors (Lipinski definition) is 4. The van der Waals surface area contributed by atoms with Gasteiger partial charge in [-0.25, -0.2) is 4.98 Å². The zero-order chi connectivity index (χ0) is 16.9. The summed E-state index contributed by atoms with van der Waals surface area (Å²) in [6.07, 6.45) is 3.31. The number of carbonyl (C=O) groups is 1. The van der Waals surface area contributed by atoms with Crippen LogP contribution in [0.2, 0.25) is 0 Å². The number of nitrogens with zero attached hydrogens (tertiary/aromatic N) is 2. The Morgan fingerprint density at radius 1 is 1.42 bits per heavy atom. The van der Waals surface area contributed by atoms with Gasteiger partial charge in [-0.3, -0.25) is 4.79 Å². The van der Waals surface area contributed by atoms with Gasteiger partial charge in [0.15, 0.2) is 5.16 Å². The molecule has 130 valence electrons. The number of carbonyl (C=O) groups excluding carboxylic acids is 1. The van der Waals surface area contributed by atoms with E-state index in [4.69, 9.17) is 4.74 Å². The second-order valence-electron chi connectivity index (χ2n) is 6.51. The predicted octanol–water partition coefficient (Wildman–Crippen LogP) is 3.24. The molecule has 6 heteroatoms. The molecule has 1 aromatic carbocycles. The van der Waals surface area contributed by atoms with Gasteiger partial charge in [-0.2, -0.15) is 0 Å². The molecule has 1 amide bonds. The second-order valence-corrected chi connectivity index (χ2v) is 7.48. The van der Waals surface area contributed by atoms with Gasteiger partial charge in [0.25, 0.3) is 0 Å². The fraction of sp³-hybridized carbons (Fsp3) is 0.556. The molecular weight excluding hydrogens is 322 g/mol. The van der Waals surface area contributed by atoms with Gasteiger partial charge in [-0.1, -0.05) is 17.8 Å². The Hall–Kier alpha value is -1.53. The lowest BCUT2D eigenvalue weighted by molar-refractivity contribution is -0.127. The van der Waals surface area contributed by atoms with Crippen LogP contribution in [0.25, 0.3) is 11.0 Å². The molecular formula is C18H25N3O2S. The summed E-state index contributed by atoms with van der Waals surface area (Å²) in [7, 11) is 1.89. The third-order valence-corrected chi connectivity index (χ3v) is 5.45. The molecule has 0 atom stereocenters. The number of thioether (sulfide) groups is 1. The van der Waals surface area contributed by atoms with Crippen LogP contribution in [0.15, 0.2) is 23.4 Å². The minimum atomic E-state index is 0.156. The van der Waals surface area contributed by atoms with Gasteiger partial charge in [0.05, 0.1) is 16.8 Å². The molecule has 1 aliphatic rings. The first kappa shape index (κ1) is 17.3. The summed E-state index contributed by atoms with van der Waals surface area (Å²) in [5.41, 5.74) is 3.17. The number of ether oxygens (including phenoxy) is 1. The molecule has 1 N–H and O–H groups in total. The summed E-state index contributed by atoms with van der Waals surface area (Å²) < 4.78 is 5.38. The molecule has 3 rings (SSSR count). The third kappa shape index (κ3) is 4.51. The van der Waals surface area contributed by atoms with Crippen molar-refractivity contribution in [2.24, 2.45) is 5.92 Å². The van der Waals surface area contributed by atoms with Crippen LogP contribution in [0.1, 0.15) is 24.8 Å². The van der Waals surface area contributed by atoms with Crippen LogP contribution in [-0.2, 0) is 9.53 Å². The number of aromatic nitrogens is 2. The fourth-order valence-electron chi connectivity index (χ4n) is 2.94. The zero-order valence-electron chi connectivity index (χ0n) is 14.4. The standard InChI is InChI=1S/C18H25N3O2S/c1-13-3-4-15-16(11-13)20-18(19-15)24-12-17(22)21(2)8-5-14-6-9-23-10-7-14/h3-4,11,14H,5-10,12H2,1-2H3,(H,19,20). The van der Waals surface area contributed by atoms with Crippen molar-refractivity contribution >= 4 is 28.7 Å². The number of fused-ring (bicyclic) bond motifs is 1. The van der Waals surface area contributed by atoms with Gasteiger partial charge < -0.3 is 14.6 Å². The molecule has 0 spiro atoms. The number of aryl methyl sites for hydroxylation is 1. The van der Waals surface area contributed by atoms with Crippen molar-refractivity contribution in [1.82, 2.24) is 14.9 Å². The summed E-state index contributed by atoms with van der Waals surface area (Å²) in [6, 6.07) is 6.13. The average Bonchev–Trinajstić information content (AvgIpc) is 3.00. The Morgan fingerprint density at radius 3 is 3.00 bits per heavy atom. The van der Waals surface area contributed by atoms with Gasteiger partial charge in [-0.15, -0.1) is 0 Å². The molecule has 5 nitrogen and oxygen atoms in total. The molecule has 24 heavy (non-hydrogen) atoms. The van der Waals surface area contributed by atoms with Gasteiger partial charge in [0.2, 0.25) is 5.91 Å². The topological polar surface area (TPSA) is 58.2 Å². The first-order valence-corrected chi connectivity index (χ1v) is 9.51. The zero-order valence-corrected chi connectivity index (χ0v) is 15.2. The van der Waals surface area contributed by atoms with E-state index in [-0.39, 0.29) is 5.91 Å². The van der Waals surface area contributed by atoms with Crippen LogP contribution in [0.5, 0.6) is 0 Å². The molecule has 1 aromatic heterocycles. The van der Waals surface area contributed by atoms with Crippen molar-refractivity contribution in [2.75, 3.05) is 32.6 Å². The van der Waals surface area contributed by atoms with E-state index in [9.17, 15) is 4.79 Å².